The summed E-state index contributed by atoms with van der Waals surface area (Å²) in [4.78, 5) is 0. The van der Waals surface area contributed by atoms with E-state index in [1.807, 2.05) is 19.1 Å². The molecule has 0 bridgehead atoms. The lowest BCUT2D eigenvalue weighted by atomic mass is 10.1. The van der Waals surface area contributed by atoms with Crippen molar-refractivity contribution in [3.8, 4) is 5.75 Å². The summed E-state index contributed by atoms with van der Waals surface area (Å²) >= 11 is 3.50. The Morgan fingerprint density at radius 1 is 1.10 bits per heavy atom. The average molecular weight is 348 g/mol. The molecule has 1 atom stereocenters. The van der Waals surface area contributed by atoms with Crippen molar-refractivity contribution in [3.05, 3.63) is 63.6 Å². The number of benzene rings is 2. The minimum Gasteiger partial charge on any atom is -0.489 e. The molecular weight excluding hydrogens is 326 g/mol. The van der Waals surface area contributed by atoms with Gasteiger partial charge in [-0.1, -0.05) is 47.1 Å². The molecule has 2 aromatic carbocycles. The standard InChI is InChI=1S/C18H22BrNO/c1-3-14-4-6-15(7-5-14)12-21-18-9-8-17(19)11-16(18)10-13(2)20/h4-9,11,13H,3,10,12,20H2,1-2H3. The van der Waals surface area contributed by atoms with Gasteiger partial charge in [-0.15, -0.1) is 0 Å². The van der Waals surface area contributed by atoms with Gasteiger partial charge in [-0.3, -0.25) is 0 Å². The van der Waals surface area contributed by atoms with Crippen molar-refractivity contribution in [2.45, 2.75) is 39.3 Å². The van der Waals surface area contributed by atoms with Crippen molar-refractivity contribution < 1.29 is 4.74 Å². The molecule has 0 spiro atoms. The lowest BCUT2D eigenvalue weighted by Crippen LogP contribution is -2.18. The first-order valence-electron chi connectivity index (χ1n) is 7.33. The van der Waals surface area contributed by atoms with Crippen molar-refractivity contribution in [2.75, 3.05) is 0 Å². The second-order valence-corrected chi connectivity index (χ2v) is 6.31. The summed E-state index contributed by atoms with van der Waals surface area (Å²) in [5.41, 5.74) is 9.58. The fraction of sp³-hybridized carbons (Fsp3) is 0.333. The van der Waals surface area contributed by atoms with E-state index in [1.54, 1.807) is 0 Å². The second-order valence-electron chi connectivity index (χ2n) is 5.39. The maximum absolute atomic E-state index is 5.98. The quantitative estimate of drug-likeness (QED) is 0.835. The first-order valence-corrected chi connectivity index (χ1v) is 8.12. The lowest BCUT2D eigenvalue weighted by Gasteiger charge is -2.14. The molecule has 1 unspecified atom stereocenters. The SMILES string of the molecule is CCc1ccc(COc2ccc(Br)cc2CC(C)N)cc1. The zero-order chi connectivity index (χ0) is 15.2. The van der Waals surface area contributed by atoms with E-state index < -0.39 is 0 Å². The average Bonchev–Trinajstić information content (AvgIpc) is 2.46. The molecule has 2 nitrogen and oxygen atoms in total. The monoisotopic (exact) mass is 347 g/mol. The molecule has 0 aromatic heterocycles. The summed E-state index contributed by atoms with van der Waals surface area (Å²) < 4.78 is 7.03. The summed E-state index contributed by atoms with van der Waals surface area (Å²) in [6, 6.07) is 14.8. The molecule has 2 N–H and O–H groups in total. The molecular formula is C18H22BrNO. The molecule has 0 saturated heterocycles. The summed E-state index contributed by atoms with van der Waals surface area (Å²) in [5.74, 6) is 0.912. The third-order valence-electron chi connectivity index (χ3n) is 3.39. The van der Waals surface area contributed by atoms with Crippen molar-refractivity contribution in [1.29, 1.82) is 0 Å². The van der Waals surface area contributed by atoms with Gasteiger partial charge in [0.15, 0.2) is 0 Å². The number of halogens is 1. The van der Waals surface area contributed by atoms with Gasteiger partial charge in [0.25, 0.3) is 0 Å². The molecule has 0 saturated carbocycles. The predicted octanol–water partition coefficient (Wildman–Crippen LogP) is 4.48. The van der Waals surface area contributed by atoms with E-state index in [1.165, 1.54) is 11.1 Å². The van der Waals surface area contributed by atoms with Crippen LogP contribution in [0, 0.1) is 0 Å². The van der Waals surface area contributed by atoms with Crippen LogP contribution in [0.25, 0.3) is 0 Å². The number of rotatable bonds is 6. The molecule has 0 radical (unpaired) electrons. The Labute approximate surface area is 135 Å². The molecule has 0 heterocycles. The van der Waals surface area contributed by atoms with Crippen LogP contribution >= 0.6 is 15.9 Å². The smallest absolute Gasteiger partial charge is 0.123 e. The molecule has 112 valence electrons. The topological polar surface area (TPSA) is 35.2 Å². The molecule has 3 heteroatoms. The molecule has 0 aliphatic heterocycles. The van der Waals surface area contributed by atoms with E-state index in [2.05, 4.69) is 53.2 Å². The zero-order valence-corrected chi connectivity index (χ0v) is 14.2. The number of hydrogen-bond acceptors (Lipinski definition) is 2. The van der Waals surface area contributed by atoms with Crippen molar-refractivity contribution in [3.63, 3.8) is 0 Å². The van der Waals surface area contributed by atoms with Crippen molar-refractivity contribution in [1.82, 2.24) is 0 Å². The zero-order valence-electron chi connectivity index (χ0n) is 12.6. The minimum atomic E-state index is 0.116. The van der Waals surface area contributed by atoms with Crippen molar-refractivity contribution in [2.24, 2.45) is 5.73 Å². The van der Waals surface area contributed by atoms with Gasteiger partial charge in [0.05, 0.1) is 0 Å². The third-order valence-corrected chi connectivity index (χ3v) is 3.88. The molecule has 0 amide bonds. The first kappa shape index (κ1) is 16.1. The van der Waals surface area contributed by atoms with Gasteiger partial charge in [-0.05, 0) is 54.7 Å². The van der Waals surface area contributed by atoms with Gasteiger partial charge < -0.3 is 10.5 Å². The third kappa shape index (κ3) is 4.87. The van der Waals surface area contributed by atoms with Gasteiger partial charge in [0.1, 0.15) is 12.4 Å². The van der Waals surface area contributed by atoms with E-state index in [9.17, 15) is 0 Å². The number of aryl methyl sites for hydroxylation is 1. The van der Waals surface area contributed by atoms with Gasteiger partial charge >= 0.3 is 0 Å². The molecule has 21 heavy (non-hydrogen) atoms. The van der Waals surface area contributed by atoms with Gasteiger partial charge in [-0.25, -0.2) is 0 Å². The summed E-state index contributed by atoms with van der Waals surface area (Å²) in [7, 11) is 0. The van der Waals surface area contributed by atoms with Gasteiger partial charge in [0.2, 0.25) is 0 Å². The first-order chi connectivity index (χ1) is 10.1. The normalized spacial score (nSPS) is 12.2. The van der Waals surface area contributed by atoms with Gasteiger partial charge in [-0.2, -0.15) is 0 Å². The van der Waals surface area contributed by atoms with E-state index in [4.69, 9.17) is 10.5 Å². The van der Waals surface area contributed by atoms with E-state index in [0.29, 0.717) is 6.61 Å². The van der Waals surface area contributed by atoms with E-state index in [0.717, 1.165) is 28.6 Å². The van der Waals surface area contributed by atoms with E-state index in [-0.39, 0.29) is 6.04 Å². The summed E-state index contributed by atoms with van der Waals surface area (Å²) in [5, 5.41) is 0. The van der Waals surface area contributed by atoms with Crippen LogP contribution in [0.1, 0.15) is 30.5 Å². The van der Waals surface area contributed by atoms with Crippen LogP contribution in [-0.4, -0.2) is 6.04 Å². The Hall–Kier alpha value is -1.32. The van der Waals surface area contributed by atoms with Crippen LogP contribution in [0.3, 0.4) is 0 Å². The van der Waals surface area contributed by atoms with E-state index >= 15 is 0 Å². The van der Waals surface area contributed by atoms with Crippen LogP contribution in [0.15, 0.2) is 46.9 Å². The summed E-state index contributed by atoms with van der Waals surface area (Å²) in [6.07, 6.45) is 1.87. The molecule has 0 aliphatic carbocycles. The highest BCUT2D eigenvalue weighted by atomic mass is 79.9. The maximum atomic E-state index is 5.98. The fourth-order valence-corrected chi connectivity index (χ4v) is 2.64. The Balaban J connectivity index is 2.07. The maximum Gasteiger partial charge on any atom is 0.123 e. The molecule has 2 aromatic rings. The Bertz CT molecular complexity index is 578. The largest absolute Gasteiger partial charge is 0.489 e. The van der Waals surface area contributed by atoms with Crippen LogP contribution < -0.4 is 10.5 Å². The highest BCUT2D eigenvalue weighted by Crippen LogP contribution is 2.25. The number of nitrogens with two attached hydrogens (primary N) is 1. The predicted molar refractivity (Wildman–Crippen MR) is 91.6 cm³/mol. The van der Waals surface area contributed by atoms with Crippen LogP contribution in [0.5, 0.6) is 5.75 Å². The van der Waals surface area contributed by atoms with Crippen LogP contribution in [-0.2, 0) is 19.4 Å². The minimum absolute atomic E-state index is 0.116. The Morgan fingerprint density at radius 3 is 2.38 bits per heavy atom. The number of ether oxygens (including phenoxy) is 1. The van der Waals surface area contributed by atoms with Crippen LogP contribution in [0.4, 0.5) is 0 Å². The van der Waals surface area contributed by atoms with Gasteiger partial charge in [0, 0.05) is 10.5 Å². The second kappa shape index (κ2) is 7.62. The number of hydrogen-bond donors (Lipinski definition) is 1. The Kier molecular flexibility index (Phi) is 5.83. The van der Waals surface area contributed by atoms with Crippen molar-refractivity contribution >= 4 is 15.9 Å². The summed E-state index contributed by atoms with van der Waals surface area (Å²) in [6.45, 7) is 4.75. The Morgan fingerprint density at radius 2 is 1.76 bits per heavy atom. The fourth-order valence-electron chi connectivity index (χ4n) is 2.23. The lowest BCUT2D eigenvalue weighted by molar-refractivity contribution is 0.302. The molecule has 2 rings (SSSR count). The highest BCUT2D eigenvalue weighted by Gasteiger charge is 2.07. The molecule has 0 fully saturated rings. The molecule has 0 aliphatic rings. The van der Waals surface area contributed by atoms with Crippen LogP contribution in [0.2, 0.25) is 0 Å². The highest BCUT2D eigenvalue weighted by molar-refractivity contribution is 9.10.